The van der Waals surface area contributed by atoms with Gasteiger partial charge in [0.15, 0.2) is 0 Å². The van der Waals surface area contributed by atoms with Crippen LogP contribution in [0, 0.1) is 11.3 Å². The van der Waals surface area contributed by atoms with Crippen molar-refractivity contribution >= 4 is 33.2 Å². The molecule has 1 aromatic heterocycles. The topological polar surface area (TPSA) is 77.8 Å². The van der Waals surface area contributed by atoms with Gasteiger partial charge in [0.1, 0.15) is 11.8 Å². The van der Waals surface area contributed by atoms with Crippen LogP contribution in [0.3, 0.4) is 0 Å². The summed E-state index contributed by atoms with van der Waals surface area (Å²) < 4.78 is 0.783. The number of hydrogen-bond donors (Lipinski definition) is 2. The number of benzene rings is 1. The second-order valence-corrected chi connectivity index (χ2v) is 5.13. The lowest BCUT2D eigenvalue weighted by Crippen LogP contribution is -2.15. The minimum absolute atomic E-state index is 0.289. The fourth-order valence-electron chi connectivity index (χ4n) is 1.77. The minimum atomic E-state index is -0.357. The maximum absolute atomic E-state index is 12.2. The summed E-state index contributed by atoms with van der Waals surface area (Å²) >= 11 is 3.32. The lowest BCUT2D eigenvalue weighted by Gasteiger charge is -2.08. The quantitative estimate of drug-likeness (QED) is 0.890. The molecule has 2 rings (SSSR count). The van der Waals surface area contributed by atoms with Gasteiger partial charge in [-0.25, -0.2) is 0 Å². The van der Waals surface area contributed by atoms with E-state index in [1.54, 1.807) is 36.5 Å². The van der Waals surface area contributed by atoms with E-state index in [0.29, 0.717) is 11.3 Å². The van der Waals surface area contributed by atoms with Crippen molar-refractivity contribution in [1.82, 2.24) is 4.98 Å². The molecule has 6 heteroatoms. The first kappa shape index (κ1) is 15.0. The predicted octanol–water partition coefficient (Wildman–Crippen LogP) is 3.40. The molecule has 0 aliphatic heterocycles. The summed E-state index contributed by atoms with van der Waals surface area (Å²) in [6, 6.07) is 10.6. The van der Waals surface area contributed by atoms with Crippen LogP contribution in [-0.2, 0) is 0 Å². The number of anilines is 2. The van der Waals surface area contributed by atoms with Crippen molar-refractivity contribution in [3.05, 3.63) is 52.3 Å². The molecule has 1 aromatic carbocycles. The fourth-order valence-corrected chi connectivity index (χ4v) is 2.13. The molecular formula is C15H13BrN4O. The highest BCUT2D eigenvalue weighted by atomic mass is 79.9. The second-order valence-electron chi connectivity index (χ2n) is 4.22. The number of aromatic nitrogens is 1. The summed E-state index contributed by atoms with van der Waals surface area (Å²) in [5.74, 6) is -0.357. The zero-order valence-corrected chi connectivity index (χ0v) is 12.9. The van der Waals surface area contributed by atoms with Gasteiger partial charge in [-0.3, -0.25) is 9.78 Å². The number of rotatable bonds is 4. The Morgan fingerprint density at radius 2 is 2.19 bits per heavy atom. The molecule has 0 fully saturated rings. The standard InChI is InChI=1S/C15H13BrN4O/c1-2-18-12-5-6-19-14(8-12)15(21)20-13-7-11(16)4-3-10(13)9-17/h3-8H,2H2,1H3,(H,18,19)(H,20,21). The number of carbonyl (C=O) groups excluding carboxylic acids is 1. The number of nitrogens with zero attached hydrogens (tertiary/aromatic N) is 2. The Kier molecular flexibility index (Phi) is 4.90. The molecule has 0 saturated heterocycles. The Morgan fingerprint density at radius 1 is 1.38 bits per heavy atom. The lowest BCUT2D eigenvalue weighted by molar-refractivity contribution is 0.102. The summed E-state index contributed by atoms with van der Waals surface area (Å²) in [5.41, 5.74) is 1.96. The van der Waals surface area contributed by atoms with Gasteiger partial charge in [0.25, 0.3) is 5.91 Å². The molecule has 5 nitrogen and oxygen atoms in total. The van der Waals surface area contributed by atoms with E-state index >= 15 is 0 Å². The molecular weight excluding hydrogens is 332 g/mol. The normalized spacial score (nSPS) is 9.76. The summed E-state index contributed by atoms with van der Waals surface area (Å²) in [4.78, 5) is 16.3. The van der Waals surface area contributed by atoms with Crippen LogP contribution in [0.25, 0.3) is 0 Å². The molecule has 2 aromatic rings. The zero-order chi connectivity index (χ0) is 15.2. The lowest BCUT2D eigenvalue weighted by atomic mass is 10.2. The molecule has 2 N–H and O–H groups in total. The Morgan fingerprint density at radius 3 is 2.90 bits per heavy atom. The van der Waals surface area contributed by atoms with Crippen molar-refractivity contribution in [2.75, 3.05) is 17.2 Å². The highest BCUT2D eigenvalue weighted by Crippen LogP contribution is 2.21. The first-order valence-corrected chi connectivity index (χ1v) is 7.14. The van der Waals surface area contributed by atoms with Crippen LogP contribution in [0.1, 0.15) is 23.0 Å². The van der Waals surface area contributed by atoms with Crippen LogP contribution >= 0.6 is 15.9 Å². The van der Waals surface area contributed by atoms with Crippen molar-refractivity contribution in [1.29, 1.82) is 5.26 Å². The molecule has 0 unspecified atom stereocenters. The molecule has 0 atom stereocenters. The molecule has 0 aliphatic rings. The average molecular weight is 345 g/mol. The third-order valence-corrected chi connectivity index (χ3v) is 3.22. The number of hydrogen-bond acceptors (Lipinski definition) is 4. The van der Waals surface area contributed by atoms with Gasteiger partial charge in [-0.2, -0.15) is 5.26 Å². The molecule has 106 valence electrons. The third kappa shape index (κ3) is 3.80. The van der Waals surface area contributed by atoms with Crippen LogP contribution in [0.5, 0.6) is 0 Å². The number of halogens is 1. The molecule has 21 heavy (non-hydrogen) atoms. The van der Waals surface area contributed by atoms with Gasteiger partial charge >= 0.3 is 0 Å². The SMILES string of the molecule is CCNc1ccnc(C(=O)Nc2cc(Br)ccc2C#N)c1. The van der Waals surface area contributed by atoms with Gasteiger partial charge in [0.2, 0.25) is 0 Å². The van der Waals surface area contributed by atoms with Gasteiger partial charge in [-0.15, -0.1) is 0 Å². The molecule has 0 bridgehead atoms. The molecule has 1 heterocycles. The van der Waals surface area contributed by atoms with E-state index in [1.807, 2.05) is 13.0 Å². The van der Waals surface area contributed by atoms with Crippen molar-refractivity contribution in [3.8, 4) is 6.07 Å². The Bertz CT molecular complexity index is 709. The molecule has 0 aliphatic carbocycles. The van der Waals surface area contributed by atoms with E-state index in [1.165, 1.54) is 0 Å². The van der Waals surface area contributed by atoms with Crippen LogP contribution in [0.15, 0.2) is 41.0 Å². The van der Waals surface area contributed by atoms with Crippen LogP contribution in [0.2, 0.25) is 0 Å². The van der Waals surface area contributed by atoms with Crippen LogP contribution in [-0.4, -0.2) is 17.4 Å². The van der Waals surface area contributed by atoms with Crippen molar-refractivity contribution in [3.63, 3.8) is 0 Å². The van der Waals surface area contributed by atoms with Crippen molar-refractivity contribution < 1.29 is 4.79 Å². The number of carbonyl (C=O) groups is 1. The van der Waals surface area contributed by atoms with Gasteiger partial charge in [0, 0.05) is 22.9 Å². The van der Waals surface area contributed by atoms with Crippen molar-refractivity contribution in [2.45, 2.75) is 6.92 Å². The van der Waals surface area contributed by atoms with E-state index in [9.17, 15) is 4.79 Å². The highest BCUT2D eigenvalue weighted by molar-refractivity contribution is 9.10. The van der Waals surface area contributed by atoms with Crippen LogP contribution in [0.4, 0.5) is 11.4 Å². The molecule has 0 radical (unpaired) electrons. The van der Waals surface area contributed by atoms with Gasteiger partial charge < -0.3 is 10.6 Å². The molecule has 0 spiro atoms. The average Bonchev–Trinajstić information content (AvgIpc) is 2.48. The van der Waals surface area contributed by atoms with E-state index in [2.05, 4.69) is 31.5 Å². The second kappa shape index (κ2) is 6.86. The number of nitrogens with one attached hydrogen (secondary N) is 2. The Balaban J connectivity index is 2.24. The van der Waals surface area contributed by atoms with Gasteiger partial charge in [0.05, 0.1) is 11.3 Å². The number of amides is 1. The summed E-state index contributed by atoms with van der Waals surface area (Å²) in [7, 11) is 0. The first-order valence-electron chi connectivity index (χ1n) is 6.35. The van der Waals surface area contributed by atoms with Crippen molar-refractivity contribution in [2.24, 2.45) is 0 Å². The molecule has 1 amide bonds. The maximum Gasteiger partial charge on any atom is 0.274 e. The largest absolute Gasteiger partial charge is 0.385 e. The minimum Gasteiger partial charge on any atom is -0.385 e. The summed E-state index contributed by atoms with van der Waals surface area (Å²) in [5, 5.41) is 14.9. The van der Waals surface area contributed by atoms with E-state index in [-0.39, 0.29) is 11.6 Å². The predicted molar refractivity (Wildman–Crippen MR) is 85.2 cm³/mol. The van der Waals surface area contributed by atoms with E-state index in [0.717, 1.165) is 16.7 Å². The fraction of sp³-hybridized carbons (Fsp3) is 0.133. The number of pyridine rings is 1. The van der Waals surface area contributed by atoms with E-state index < -0.39 is 0 Å². The van der Waals surface area contributed by atoms with Crippen LogP contribution < -0.4 is 10.6 Å². The third-order valence-electron chi connectivity index (χ3n) is 2.72. The van der Waals surface area contributed by atoms with Gasteiger partial charge in [-0.1, -0.05) is 15.9 Å². The van der Waals surface area contributed by atoms with Gasteiger partial charge in [-0.05, 0) is 37.3 Å². The Hall–Kier alpha value is -2.39. The van der Waals surface area contributed by atoms with E-state index in [4.69, 9.17) is 5.26 Å². The summed E-state index contributed by atoms with van der Waals surface area (Å²) in [6.07, 6.45) is 1.57. The maximum atomic E-state index is 12.2. The monoisotopic (exact) mass is 344 g/mol. The summed E-state index contributed by atoms with van der Waals surface area (Å²) in [6.45, 7) is 2.73. The first-order chi connectivity index (χ1) is 10.1. The number of nitriles is 1. The zero-order valence-electron chi connectivity index (χ0n) is 11.4. The Labute approximate surface area is 131 Å². The smallest absolute Gasteiger partial charge is 0.274 e. The molecule has 0 saturated carbocycles. The highest BCUT2D eigenvalue weighted by Gasteiger charge is 2.11.